The Labute approximate surface area is 180 Å². The highest BCUT2D eigenvalue weighted by molar-refractivity contribution is 14.0. The Balaban J connectivity index is 0.00000364. The highest BCUT2D eigenvalue weighted by Gasteiger charge is 2.05. The number of carbonyl (C=O) groups is 1. The first kappa shape index (κ1) is 23.2. The molecule has 0 spiro atoms. The van der Waals surface area contributed by atoms with Crippen molar-refractivity contribution < 1.29 is 9.90 Å². The van der Waals surface area contributed by atoms with E-state index in [2.05, 4.69) is 31.3 Å². The van der Waals surface area contributed by atoms with Gasteiger partial charge in [-0.25, -0.2) is 4.98 Å². The summed E-state index contributed by atoms with van der Waals surface area (Å²) in [5.41, 5.74) is 1.58. The summed E-state index contributed by atoms with van der Waals surface area (Å²) in [6.07, 6.45) is 0.804. The number of guanidine groups is 1. The molecule has 1 aromatic carbocycles. The maximum atomic E-state index is 12.0. The zero-order valence-corrected chi connectivity index (χ0v) is 18.6. The summed E-state index contributed by atoms with van der Waals surface area (Å²) in [7, 11) is 0. The standard InChI is InChI=1S/C18H25N5O2S.HI/c1-3-19-18(21-9-8-15-12-26-13(2)23-15)22-11-10-20-17(25)14-4-6-16(24)7-5-14;/h4-7,12,24H,3,8-11H2,1-2H3,(H,20,25)(H2,19,21,22);1H. The molecule has 2 rings (SSSR count). The number of amides is 1. The second-order valence-corrected chi connectivity index (χ2v) is 6.66. The van der Waals surface area contributed by atoms with Gasteiger partial charge in [0.25, 0.3) is 5.91 Å². The fourth-order valence-corrected chi connectivity index (χ4v) is 2.87. The fourth-order valence-electron chi connectivity index (χ4n) is 2.22. The molecular formula is C18H26IN5O2S. The molecule has 0 aliphatic rings. The molecule has 0 saturated heterocycles. The van der Waals surface area contributed by atoms with Crippen LogP contribution in [0.2, 0.25) is 0 Å². The third-order valence-corrected chi connectivity index (χ3v) is 4.30. The van der Waals surface area contributed by atoms with Crippen LogP contribution in [-0.4, -0.2) is 48.1 Å². The van der Waals surface area contributed by atoms with Gasteiger partial charge >= 0.3 is 0 Å². The van der Waals surface area contributed by atoms with Crippen molar-refractivity contribution in [1.29, 1.82) is 0 Å². The lowest BCUT2D eigenvalue weighted by atomic mass is 10.2. The van der Waals surface area contributed by atoms with Crippen molar-refractivity contribution in [3.05, 3.63) is 45.9 Å². The Morgan fingerprint density at radius 1 is 1.19 bits per heavy atom. The lowest BCUT2D eigenvalue weighted by Crippen LogP contribution is -2.41. The predicted octanol–water partition coefficient (Wildman–Crippen LogP) is 2.30. The second-order valence-electron chi connectivity index (χ2n) is 5.60. The molecular weight excluding hydrogens is 477 g/mol. The summed E-state index contributed by atoms with van der Waals surface area (Å²) in [6.45, 7) is 6.45. The van der Waals surface area contributed by atoms with E-state index in [1.165, 1.54) is 12.1 Å². The number of phenols is 1. The van der Waals surface area contributed by atoms with Gasteiger partial charge in [0.2, 0.25) is 0 Å². The minimum Gasteiger partial charge on any atom is -0.508 e. The minimum atomic E-state index is -0.173. The van der Waals surface area contributed by atoms with Crippen molar-refractivity contribution in [2.45, 2.75) is 20.3 Å². The first-order valence-electron chi connectivity index (χ1n) is 8.59. The summed E-state index contributed by atoms with van der Waals surface area (Å²) in [5, 5.41) is 21.6. The number of hydrogen-bond acceptors (Lipinski definition) is 5. The molecule has 0 unspecified atom stereocenters. The molecule has 1 heterocycles. The Kier molecular flexibility index (Phi) is 10.7. The number of aliphatic imine (C=N–C) groups is 1. The molecule has 7 nitrogen and oxygen atoms in total. The van der Waals surface area contributed by atoms with Crippen molar-refractivity contribution >= 4 is 47.2 Å². The van der Waals surface area contributed by atoms with Crippen LogP contribution in [0.25, 0.3) is 0 Å². The summed E-state index contributed by atoms with van der Waals surface area (Å²) in [4.78, 5) is 20.9. The predicted molar refractivity (Wildman–Crippen MR) is 120 cm³/mol. The summed E-state index contributed by atoms with van der Waals surface area (Å²) >= 11 is 1.65. The smallest absolute Gasteiger partial charge is 0.251 e. The zero-order valence-electron chi connectivity index (χ0n) is 15.5. The Morgan fingerprint density at radius 2 is 1.89 bits per heavy atom. The molecule has 2 aromatic rings. The van der Waals surface area contributed by atoms with Crippen LogP contribution in [0, 0.1) is 6.92 Å². The molecule has 0 saturated carbocycles. The first-order chi connectivity index (χ1) is 12.6. The van der Waals surface area contributed by atoms with E-state index < -0.39 is 0 Å². The average Bonchev–Trinajstić information content (AvgIpc) is 3.04. The van der Waals surface area contributed by atoms with Crippen LogP contribution in [0.15, 0.2) is 34.6 Å². The van der Waals surface area contributed by atoms with Gasteiger partial charge in [0.05, 0.1) is 10.7 Å². The van der Waals surface area contributed by atoms with Gasteiger partial charge in [0.1, 0.15) is 5.75 Å². The number of carbonyl (C=O) groups excluding carboxylic acids is 1. The van der Waals surface area contributed by atoms with Crippen molar-refractivity contribution in [1.82, 2.24) is 20.9 Å². The number of phenolic OH excluding ortho intramolecular Hbond substituents is 1. The molecule has 4 N–H and O–H groups in total. The normalized spacial score (nSPS) is 10.8. The van der Waals surface area contributed by atoms with E-state index in [-0.39, 0.29) is 35.6 Å². The van der Waals surface area contributed by atoms with Crippen LogP contribution >= 0.6 is 35.3 Å². The molecule has 0 radical (unpaired) electrons. The van der Waals surface area contributed by atoms with Crippen LogP contribution in [0.3, 0.4) is 0 Å². The lowest BCUT2D eigenvalue weighted by molar-refractivity contribution is 0.0954. The Bertz CT molecular complexity index is 734. The van der Waals surface area contributed by atoms with Crippen LogP contribution in [-0.2, 0) is 6.42 Å². The van der Waals surface area contributed by atoms with Crippen molar-refractivity contribution in [2.75, 3.05) is 26.2 Å². The number of aromatic hydroxyl groups is 1. The topological polar surface area (TPSA) is 98.6 Å². The van der Waals surface area contributed by atoms with Crippen LogP contribution in [0.1, 0.15) is 28.0 Å². The van der Waals surface area contributed by atoms with Gasteiger partial charge in [-0.05, 0) is 38.1 Å². The molecule has 1 amide bonds. The minimum absolute atomic E-state index is 0. The van der Waals surface area contributed by atoms with Crippen molar-refractivity contribution in [3.8, 4) is 5.75 Å². The second kappa shape index (κ2) is 12.5. The maximum Gasteiger partial charge on any atom is 0.251 e. The molecule has 1 aromatic heterocycles. The van der Waals surface area contributed by atoms with Crippen LogP contribution in [0.4, 0.5) is 0 Å². The number of rotatable bonds is 8. The number of aromatic nitrogens is 1. The summed E-state index contributed by atoms with van der Waals surface area (Å²) in [5.74, 6) is 0.688. The van der Waals surface area contributed by atoms with Gasteiger partial charge in [-0.15, -0.1) is 35.3 Å². The number of thiazole rings is 1. The molecule has 0 aliphatic carbocycles. The van der Waals surface area contributed by atoms with E-state index in [4.69, 9.17) is 0 Å². The number of nitrogens with zero attached hydrogens (tertiary/aromatic N) is 2. The van der Waals surface area contributed by atoms with Crippen molar-refractivity contribution in [2.24, 2.45) is 4.99 Å². The lowest BCUT2D eigenvalue weighted by Gasteiger charge is -2.11. The third-order valence-electron chi connectivity index (χ3n) is 3.48. The SMILES string of the molecule is CCNC(=NCCc1csc(C)n1)NCCNC(=O)c1ccc(O)cc1.I. The average molecular weight is 503 g/mol. The number of benzene rings is 1. The molecule has 0 atom stereocenters. The van der Waals surface area contributed by atoms with E-state index in [1.54, 1.807) is 23.5 Å². The van der Waals surface area contributed by atoms with Crippen molar-refractivity contribution in [3.63, 3.8) is 0 Å². The Morgan fingerprint density at radius 3 is 2.52 bits per heavy atom. The van der Waals surface area contributed by atoms with Gasteiger partial charge < -0.3 is 21.1 Å². The van der Waals surface area contributed by atoms with E-state index in [1.807, 2.05) is 13.8 Å². The number of aryl methyl sites for hydroxylation is 1. The maximum absolute atomic E-state index is 12.0. The van der Waals surface area contributed by atoms with Gasteiger partial charge in [0, 0.05) is 43.5 Å². The summed E-state index contributed by atoms with van der Waals surface area (Å²) < 4.78 is 0. The number of halogens is 1. The highest BCUT2D eigenvalue weighted by Crippen LogP contribution is 2.09. The van der Waals surface area contributed by atoms with Gasteiger partial charge in [0.15, 0.2) is 5.96 Å². The largest absolute Gasteiger partial charge is 0.508 e. The fraction of sp³-hybridized carbons (Fsp3) is 0.389. The molecule has 0 fully saturated rings. The molecule has 0 bridgehead atoms. The van der Waals surface area contributed by atoms with Gasteiger partial charge in [-0.1, -0.05) is 0 Å². The first-order valence-corrected chi connectivity index (χ1v) is 9.47. The van der Waals surface area contributed by atoms with Gasteiger partial charge in [-0.2, -0.15) is 0 Å². The van der Waals surface area contributed by atoms with E-state index in [0.29, 0.717) is 25.2 Å². The molecule has 27 heavy (non-hydrogen) atoms. The van der Waals surface area contributed by atoms with Crippen LogP contribution < -0.4 is 16.0 Å². The third kappa shape index (κ3) is 8.57. The number of nitrogens with one attached hydrogen (secondary N) is 3. The monoisotopic (exact) mass is 503 g/mol. The van der Waals surface area contributed by atoms with Crippen LogP contribution in [0.5, 0.6) is 5.75 Å². The summed E-state index contributed by atoms with van der Waals surface area (Å²) in [6, 6.07) is 6.16. The molecule has 148 valence electrons. The van der Waals surface area contributed by atoms with E-state index >= 15 is 0 Å². The molecule has 9 heteroatoms. The van der Waals surface area contributed by atoms with E-state index in [0.717, 1.165) is 29.6 Å². The number of hydrogen-bond donors (Lipinski definition) is 4. The van der Waals surface area contributed by atoms with Gasteiger partial charge in [-0.3, -0.25) is 9.79 Å². The zero-order chi connectivity index (χ0) is 18.8. The Hall–Kier alpha value is -1.88. The molecule has 0 aliphatic heterocycles. The highest BCUT2D eigenvalue weighted by atomic mass is 127. The van der Waals surface area contributed by atoms with E-state index in [9.17, 15) is 9.90 Å². The quantitative estimate of drug-likeness (QED) is 0.192.